The Kier molecular flexibility index (Phi) is 3.56. The minimum atomic E-state index is -6.02. The summed E-state index contributed by atoms with van der Waals surface area (Å²) in [5.41, 5.74) is 0. The molecule has 0 bridgehead atoms. The fraction of sp³-hybridized carbons (Fsp3) is 0.500. The molecule has 0 aliphatic rings. The van der Waals surface area contributed by atoms with E-state index in [2.05, 4.69) is 4.18 Å². The van der Waals surface area contributed by atoms with E-state index < -0.39 is 34.9 Å². The molecule has 0 saturated carbocycles. The molecule has 0 saturated heterocycles. The molecule has 14 heavy (non-hydrogen) atoms. The van der Waals surface area contributed by atoms with Crippen molar-refractivity contribution in [2.75, 3.05) is 0 Å². The number of alkyl halides is 5. The summed E-state index contributed by atoms with van der Waals surface area (Å²) in [6, 6.07) is 0. The first-order valence-electron chi connectivity index (χ1n) is 2.71. The third-order valence-corrected chi connectivity index (χ3v) is 1.10. The summed E-state index contributed by atoms with van der Waals surface area (Å²) in [5, 5.41) is 0. The largest absolute Gasteiger partial charge is 0.442 e. The molecule has 0 aliphatic heterocycles. The fourth-order valence-corrected chi connectivity index (χ4v) is 0.673. The molecule has 0 fully saturated rings. The van der Waals surface area contributed by atoms with Gasteiger partial charge in [-0.15, -0.1) is 0 Å². The normalized spacial score (nSPS) is 15.0. The molecule has 0 aromatic rings. The lowest BCUT2D eigenvalue weighted by atomic mass is 10.5. The zero-order valence-corrected chi connectivity index (χ0v) is 6.87. The second-order valence-electron chi connectivity index (χ2n) is 1.91. The summed E-state index contributed by atoms with van der Waals surface area (Å²) < 4.78 is 90.8. The summed E-state index contributed by atoms with van der Waals surface area (Å²) in [4.78, 5) is 0. The predicted molar refractivity (Wildman–Crippen MR) is 31.3 cm³/mol. The van der Waals surface area contributed by atoms with Crippen LogP contribution in [0.2, 0.25) is 0 Å². The Labute approximate surface area is 74.4 Å². The van der Waals surface area contributed by atoms with Gasteiger partial charge in [-0.25, -0.2) is 0 Å². The molecule has 0 rings (SSSR count). The molecular formula is C4H2F6O3S. The van der Waals surface area contributed by atoms with E-state index in [-0.39, 0.29) is 0 Å². The average molecular weight is 244 g/mol. The predicted octanol–water partition coefficient (Wildman–Crippen LogP) is 1.93. The number of halogens is 6. The maximum absolute atomic E-state index is 12.0. The first-order chi connectivity index (χ1) is 5.91. The highest BCUT2D eigenvalue weighted by atomic mass is 32.3. The van der Waals surface area contributed by atoms with Gasteiger partial charge in [0.25, 0.3) is 0 Å². The van der Waals surface area contributed by atoms with Crippen LogP contribution in [0.1, 0.15) is 0 Å². The molecule has 10 heteroatoms. The molecule has 3 nitrogen and oxygen atoms in total. The summed E-state index contributed by atoms with van der Waals surface area (Å²) >= 11 is 0. The van der Waals surface area contributed by atoms with Gasteiger partial charge in [0.2, 0.25) is 0 Å². The Hall–Kier alpha value is -0.770. The Morgan fingerprint density at radius 3 is 1.71 bits per heavy atom. The first-order valence-corrected chi connectivity index (χ1v) is 4.02. The van der Waals surface area contributed by atoms with E-state index in [0.717, 1.165) is 0 Å². The number of hydrogen-bond donors (Lipinski definition) is 0. The Bertz CT molecular complexity index is 314. The van der Waals surface area contributed by atoms with Crippen LogP contribution < -0.4 is 0 Å². The SMILES string of the molecule is O=S(=O)(F)OC(F)(F)/C=C/C(F)(F)F. The third kappa shape index (κ3) is 7.86. The Balaban J connectivity index is 4.59. The lowest BCUT2D eigenvalue weighted by Gasteiger charge is -2.08. The van der Waals surface area contributed by atoms with Gasteiger partial charge in [0.05, 0.1) is 0 Å². The van der Waals surface area contributed by atoms with Crippen molar-refractivity contribution in [1.29, 1.82) is 0 Å². The lowest BCUT2D eigenvalue weighted by molar-refractivity contribution is -0.135. The summed E-state index contributed by atoms with van der Waals surface area (Å²) in [7, 11) is -6.02. The van der Waals surface area contributed by atoms with E-state index in [1.54, 1.807) is 0 Å². The second-order valence-corrected chi connectivity index (χ2v) is 2.87. The van der Waals surface area contributed by atoms with Crippen molar-refractivity contribution in [3.63, 3.8) is 0 Å². The summed E-state index contributed by atoms with van der Waals surface area (Å²) in [6.07, 6.45) is -11.8. The minimum Gasteiger partial charge on any atom is -0.171 e. The smallest absolute Gasteiger partial charge is 0.171 e. The average Bonchev–Trinajstić information content (AvgIpc) is 1.76. The zero-order valence-electron chi connectivity index (χ0n) is 6.06. The molecule has 0 amide bonds. The van der Waals surface area contributed by atoms with Crippen molar-refractivity contribution in [1.82, 2.24) is 0 Å². The van der Waals surface area contributed by atoms with Crippen LogP contribution in [0.25, 0.3) is 0 Å². The maximum Gasteiger partial charge on any atom is 0.442 e. The fourth-order valence-electron chi connectivity index (χ4n) is 0.352. The van der Waals surface area contributed by atoms with Crippen molar-refractivity contribution in [3.05, 3.63) is 12.2 Å². The quantitative estimate of drug-likeness (QED) is 0.433. The van der Waals surface area contributed by atoms with E-state index in [1.807, 2.05) is 0 Å². The van der Waals surface area contributed by atoms with Gasteiger partial charge in [0, 0.05) is 12.2 Å². The standard InChI is InChI=1S/C4H2F6O3S/c5-3(6,7)1-2-4(8,9)13-14(10,11)12/h1-2H/b2-1+. The third-order valence-electron chi connectivity index (χ3n) is 0.677. The second kappa shape index (κ2) is 3.77. The van der Waals surface area contributed by atoms with E-state index in [0.29, 0.717) is 0 Å². The molecule has 0 aromatic heterocycles. The van der Waals surface area contributed by atoms with Gasteiger partial charge in [-0.2, -0.15) is 34.6 Å². The zero-order chi connectivity index (χ0) is 11.6. The van der Waals surface area contributed by atoms with Crippen molar-refractivity contribution < 1.29 is 38.4 Å². The van der Waals surface area contributed by atoms with Gasteiger partial charge >= 0.3 is 22.8 Å². The summed E-state index contributed by atoms with van der Waals surface area (Å²) in [6.45, 7) is 0. The number of rotatable bonds is 3. The highest BCUT2D eigenvalue weighted by molar-refractivity contribution is 7.81. The molecular weight excluding hydrogens is 242 g/mol. The van der Waals surface area contributed by atoms with Crippen molar-refractivity contribution in [3.8, 4) is 0 Å². The van der Waals surface area contributed by atoms with Crippen LogP contribution in [0.5, 0.6) is 0 Å². The summed E-state index contributed by atoms with van der Waals surface area (Å²) in [5.74, 6) is 0. The molecule has 0 aliphatic carbocycles. The Morgan fingerprint density at radius 1 is 1.00 bits per heavy atom. The van der Waals surface area contributed by atoms with E-state index in [9.17, 15) is 34.3 Å². The van der Waals surface area contributed by atoms with Gasteiger partial charge < -0.3 is 0 Å². The van der Waals surface area contributed by atoms with Crippen molar-refractivity contribution in [2.24, 2.45) is 0 Å². The van der Waals surface area contributed by atoms with Crippen molar-refractivity contribution >= 4 is 10.5 Å². The van der Waals surface area contributed by atoms with Crippen LogP contribution in [-0.2, 0) is 14.7 Å². The topological polar surface area (TPSA) is 43.4 Å². The molecule has 0 atom stereocenters. The van der Waals surface area contributed by atoms with Gasteiger partial charge in [0.15, 0.2) is 0 Å². The molecule has 0 radical (unpaired) electrons. The van der Waals surface area contributed by atoms with Crippen LogP contribution in [0.3, 0.4) is 0 Å². The maximum atomic E-state index is 12.0. The van der Waals surface area contributed by atoms with Gasteiger partial charge in [-0.05, 0) is 0 Å². The van der Waals surface area contributed by atoms with E-state index >= 15 is 0 Å². The van der Waals surface area contributed by atoms with Crippen LogP contribution in [0.4, 0.5) is 25.8 Å². The van der Waals surface area contributed by atoms with Crippen LogP contribution in [-0.4, -0.2) is 20.7 Å². The number of allylic oxidation sites excluding steroid dienone is 1. The molecule has 0 N–H and O–H groups in total. The monoisotopic (exact) mass is 244 g/mol. The van der Waals surface area contributed by atoms with E-state index in [1.165, 1.54) is 0 Å². The van der Waals surface area contributed by atoms with Gasteiger partial charge in [-0.1, -0.05) is 3.89 Å². The van der Waals surface area contributed by atoms with Crippen LogP contribution in [0, 0.1) is 0 Å². The lowest BCUT2D eigenvalue weighted by Crippen LogP contribution is -2.21. The van der Waals surface area contributed by atoms with Gasteiger partial charge in [0.1, 0.15) is 0 Å². The molecule has 0 heterocycles. The van der Waals surface area contributed by atoms with Crippen LogP contribution >= 0.6 is 0 Å². The molecule has 0 spiro atoms. The molecule has 0 unspecified atom stereocenters. The minimum absolute atomic E-state index is 0.926. The highest BCUT2D eigenvalue weighted by Crippen LogP contribution is 2.24. The van der Waals surface area contributed by atoms with E-state index in [4.69, 9.17) is 0 Å². The van der Waals surface area contributed by atoms with Gasteiger partial charge in [-0.3, -0.25) is 0 Å². The molecule has 0 aromatic carbocycles. The van der Waals surface area contributed by atoms with Crippen molar-refractivity contribution in [2.45, 2.75) is 12.3 Å². The van der Waals surface area contributed by atoms with Crippen LogP contribution in [0.15, 0.2) is 12.2 Å². The first kappa shape index (κ1) is 13.2. The molecule has 84 valence electrons. The Morgan fingerprint density at radius 2 is 1.43 bits per heavy atom. The highest BCUT2D eigenvalue weighted by Gasteiger charge is 2.36. The number of hydrogen-bond acceptors (Lipinski definition) is 3.